The Morgan fingerprint density at radius 2 is 2.29 bits per heavy atom. The summed E-state index contributed by atoms with van der Waals surface area (Å²) in [5.74, 6) is 0. The van der Waals surface area contributed by atoms with E-state index in [4.69, 9.17) is 11.6 Å². The summed E-state index contributed by atoms with van der Waals surface area (Å²) < 4.78 is 24.8. The van der Waals surface area contributed by atoms with Crippen molar-refractivity contribution in [2.24, 2.45) is 0 Å². The largest absolute Gasteiger partial charge is 0.296 e. The number of aldehydes is 1. The van der Waals surface area contributed by atoms with Crippen molar-refractivity contribution in [3.8, 4) is 0 Å². The van der Waals surface area contributed by atoms with E-state index in [0.717, 1.165) is 0 Å². The number of hydrogen-bond acceptors (Lipinski definition) is 2. The van der Waals surface area contributed by atoms with E-state index in [1.807, 2.05) is 0 Å². The van der Waals surface area contributed by atoms with Gasteiger partial charge >= 0.3 is 0 Å². The first kappa shape index (κ1) is 11.5. The highest BCUT2D eigenvalue weighted by Crippen LogP contribution is 2.26. The number of carbonyl (C=O) groups is 1. The van der Waals surface area contributed by atoms with E-state index >= 15 is 0 Å². The van der Waals surface area contributed by atoms with Gasteiger partial charge in [-0.25, -0.2) is 13.8 Å². The molecule has 0 unspecified atom stereocenters. The molecule has 0 N–H and O–H groups in total. The minimum Gasteiger partial charge on any atom is -0.296 e. The zero-order valence-corrected chi connectivity index (χ0v) is 9.15. The molecule has 1 aromatic rings. The second kappa shape index (κ2) is 4.79. The zero-order chi connectivity index (χ0) is 10.7. The van der Waals surface area contributed by atoms with Crippen LogP contribution in [0.3, 0.4) is 0 Å². The fourth-order valence-electron chi connectivity index (χ4n) is 0.926. The van der Waals surface area contributed by atoms with E-state index in [0.29, 0.717) is 10.9 Å². The summed E-state index contributed by atoms with van der Waals surface area (Å²) in [5.41, 5.74) is -0.263. The Bertz CT molecular complexity index is 359. The van der Waals surface area contributed by atoms with E-state index < -0.39 is 6.43 Å². The standard InChI is InChI=1S/C8H5BrClF2NO/c9-2-4-1-5(8(11)12)6(3-14)13-7(4)10/h1,3,8H,2H2. The van der Waals surface area contributed by atoms with Gasteiger partial charge < -0.3 is 0 Å². The molecule has 14 heavy (non-hydrogen) atoms. The van der Waals surface area contributed by atoms with Crippen molar-refractivity contribution in [3.05, 3.63) is 28.0 Å². The van der Waals surface area contributed by atoms with Gasteiger partial charge in [0.2, 0.25) is 0 Å². The molecule has 76 valence electrons. The predicted molar refractivity (Wildman–Crippen MR) is 52.2 cm³/mol. The summed E-state index contributed by atoms with van der Waals surface area (Å²) >= 11 is 8.72. The lowest BCUT2D eigenvalue weighted by Gasteiger charge is -2.06. The number of hydrogen-bond donors (Lipinski definition) is 0. The van der Waals surface area contributed by atoms with Crippen LogP contribution in [0.1, 0.15) is 28.0 Å². The molecule has 0 amide bonds. The second-order valence-electron chi connectivity index (χ2n) is 2.46. The molecule has 1 heterocycles. The molecule has 0 aromatic carbocycles. The smallest absolute Gasteiger partial charge is 0.266 e. The van der Waals surface area contributed by atoms with Gasteiger partial charge in [-0.2, -0.15) is 0 Å². The van der Waals surface area contributed by atoms with Gasteiger partial charge in [-0.05, 0) is 6.07 Å². The van der Waals surface area contributed by atoms with Crippen molar-refractivity contribution in [2.75, 3.05) is 0 Å². The minimum absolute atomic E-state index is 0.0633. The molecule has 1 aromatic heterocycles. The molecule has 0 bridgehead atoms. The Kier molecular flexibility index (Phi) is 3.95. The highest BCUT2D eigenvalue weighted by atomic mass is 79.9. The van der Waals surface area contributed by atoms with Gasteiger partial charge in [0.05, 0.1) is 0 Å². The highest BCUT2D eigenvalue weighted by molar-refractivity contribution is 9.08. The summed E-state index contributed by atoms with van der Waals surface area (Å²) in [6, 6.07) is 1.18. The molecule has 0 spiro atoms. The van der Waals surface area contributed by atoms with Crippen LogP contribution < -0.4 is 0 Å². The number of halogens is 4. The van der Waals surface area contributed by atoms with Crippen molar-refractivity contribution < 1.29 is 13.6 Å². The van der Waals surface area contributed by atoms with E-state index in [1.54, 1.807) is 0 Å². The molecule has 0 aliphatic carbocycles. The Morgan fingerprint density at radius 1 is 1.64 bits per heavy atom. The Balaban J connectivity index is 3.32. The molecule has 0 fully saturated rings. The molecule has 0 aliphatic heterocycles. The molecular formula is C8H5BrClF2NO. The van der Waals surface area contributed by atoms with Crippen molar-refractivity contribution in [1.29, 1.82) is 0 Å². The van der Waals surface area contributed by atoms with Crippen molar-refractivity contribution in [1.82, 2.24) is 4.98 Å². The number of pyridine rings is 1. The molecule has 0 aliphatic rings. The summed E-state index contributed by atoms with van der Waals surface area (Å²) in [6.45, 7) is 0. The lowest BCUT2D eigenvalue weighted by atomic mass is 10.1. The first-order chi connectivity index (χ1) is 6.60. The van der Waals surface area contributed by atoms with Crippen LogP contribution in [0.4, 0.5) is 8.78 Å². The minimum atomic E-state index is -2.72. The van der Waals surface area contributed by atoms with Crippen LogP contribution in [0.25, 0.3) is 0 Å². The molecule has 2 nitrogen and oxygen atoms in total. The van der Waals surface area contributed by atoms with E-state index in [9.17, 15) is 13.6 Å². The Morgan fingerprint density at radius 3 is 2.71 bits per heavy atom. The molecule has 6 heteroatoms. The van der Waals surface area contributed by atoms with Crippen LogP contribution in [0, 0.1) is 0 Å². The van der Waals surface area contributed by atoms with E-state index in [-0.39, 0.29) is 22.7 Å². The van der Waals surface area contributed by atoms with Crippen LogP contribution in [-0.2, 0) is 5.33 Å². The Labute approximate surface area is 92.4 Å². The van der Waals surface area contributed by atoms with Gasteiger partial charge in [-0.3, -0.25) is 4.79 Å². The number of carbonyl (C=O) groups excluding carboxylic acids is 1. The fourth-order valence-corrected chi connectivity index (χ4v) is 1.73. The number of aromatic nitrogens is 1. The van der Waals surface area contributed by atoms with Crippen molar-refractivity contribution >= 4 is 33.8 Å². The van der Waals surface area contributed by atoms with Gasteiger partial charge in [0.1, 0.15) is 10.8 Å². The maximum Gasteiger partial charge on any atom is 0.266 e. The average Bonchev–Trinajstić information content (AvgIpc) is 2.16. The lowest BCUT2D eigenvalue weighted by Crippen LogP contribution is -2.00. The SMILES string of the molecule is O=Cc1nc(Cl)c(CBr)cc1C(F)F. The van der Waals surface area contributed by atoms with E-state index in [2.05, 4.69) is 20.9 Å². The third-order valence-corrected chi connectivity index (χ3v) is 2.53. The summed E-state index contributed by atoms with van der Waals surface area (Å²) in [4.78, 5) is 14.0. The van der Waals surface area contributed by atoms with Crippen LogP contribution in [0.5, 0.6) is 0 Å². The first-order valence-electron chi connectivity index (χ1n) is 3.58. The van der Waals surface area contributed by atoms with Gasteiger partial charge in [-0.1, -0.05) is 27.5 Å². The molecule has 0 atom stereocenters. The van der Waals surface area contributed by atoms with Gasteiger partial charge in [0.15, 0.2) is 6.29 Å². The predicted octanol–water partition coefficient (Wildman–Crippen LogP) is 3.38. The zero-order valence-electron chi connectivity index (χ0n) is 6.81. The molecule has 0 radical (unpaired) electrons. The van der Waals surface area contributed by atoms with Gasteiger partial charge in [-0.15, -0.1) is 0 Å². The number of nitrogens with zero attached hydrogens (tertiary/aromatic N) is 1. The van der Waals surface area contributed by atoms with Crippen LogP contribution >= 0.6 is 27.5 Å². The topological polar surface area (TPSA) is 30.0 Å². The van der Waals surface area contributed by atoms with Crippen LogP contribution in [-0.4, -0.2) is 11.3 Å². The maximum absolute atomic E-state index is 12.4. The summed E-state index contributed by atoms with van der Waals surface area (Å²) in [7, 11) is 0. The average molecular weight is 284 g/mol. The van der Waals surface area contributed by atoms with Crippen LogP contribution in [0.2, 0.25) is 5.15 Å². The fraction of sp³-hybridized carbons (Fsp3) is 0.250. The van der Waals surface area contributed by atoms with Crippen LogP contribution in [0.15, 0.2) is 6.07 Å². The maximum atomic E-state index is 12.4. The first-order valence-corrected chi connectivity index (χ1v) is 5.08. The quantitative estimate of drug-likeness (QED) is 0.484. The Hall–Kier alpha value is -0.550. The third kappa shape index (κ3) is 2.27. The van der Waals surface area contributed by atoms with Gasteiger partial charge in [0.25, 0.3) is 6.43 Å². The second-order valence-corrected chi connectivity index (χ2v) is 3.38. The molecule has 0 saturated carbocycles. The molecule has 1 rings (SSSR count). The van der Waals surface area contributed by atoms with Gasteiger partial charge in [0, 0.05) is 16.5 Å². The monoisotopic (exact) mass is 283 g/mol. The molecule has 0 saturated heterocycles. The summed E-state index contributed by atoms with van der Waals surface area (Å²) in [5, 5.41) is 0.380. The molecular weight excluding hydrogens is 279 g/mol. The number of alkyl halides is 3. The van der Waals surface area contributed by atoms with E-state index in [1.165, 1.54) is 6.07 Å². The third-order valence-electron chi connectivity index (χ3n) is 1.60. The van der Waals surface area contributed by atoms with Crippen molar-refractivity contribution in [2.45, 2.75) is 11.8 Å². The normalized spacial score (nSPS) is 10.6. The lowest BCUT2D eigenvalue weighted by molar-refractivity contribution is 0.110. The van der Waals surface area contributed by atoms with Crippen molar-refractivity contribution in [3.63, 3.8) is 0 Å². The number of rotatable bonds is 3. The highest BCUT2D eigenvalue weighted by Gasteiger charge is 2.16. The summed E-state index contributed by atoms with van der Waals surface area (Å²) in [6.07, 6.45) is -2.46.